The molecule has 0 fully saturated rings. The van der Waals surface area contributed by atoms with E-state index in [1.807, 2.05) is 0 Å². The number of aromatic carboxylic acids is 1. The maximum absolute atomic E-state index is 13.5. The number of nitrogens with one attached hydrogen (secondary N) is 1. The molecule has 34 heavy (non-hydrogen) atoms. The summed E-state index contributed by atoms with van der Waals surface area (Å²) in [7, 11) is 1.62. The summed E-state index contributed by atoms with van der Waals surface area (Å²) < 4.78 is 42.6. The Hall–Kier alpha value is -4.12. The van der Waals surface area contributed by atoms with Crippen LogP contribution in [-0.4, -0.2) is 35.6 Å². The van der Waals surface area contributed by atoms with Gasteiger partial charge in [0.25, 0.3) is 5.56 Å². The second kappa shape index (κ2) is 7.45. The van der Waals surface area contributed by atoms with Crippen molar-refractivity contribution in [2.45, 2.75) is 6.18 Å². The molecule has 0 spiro atoms. The number of fused-ring (bicyclic) bond motifs is 3. The number of hydrogen-bond donors (Lipinski definition) is 2. The van der Waals surface area contributed by atoms with Gasteiger partial charge < -0.3 is 5.11 Å². The van der Waals surface area contributed by atoms with Gasteiger partial charge >= 0.3 is 12.1 Å². The number of halogens is 4. The molecular weight excluding hydrogens is 475 g/mol. The Labute approximate surface area is 192 Å². The minimum Gasteiger partial charge on any atom is -0.478 e. The summed E-state index contributed by atoms with van der Waals surface area (Å²) in [5, 5.41) is 16.9. The SMILES string of the molecule is Cn1ncc2c3[nH]n(-c4ccc(Cl)c(C(=O)O)c4)c(=O)c3c(-c3cccc(C(F)(F)F)c3)nc21. The van der Waals surface area contributed by atoms with Crippen LogP contribution in [0.1, 0.15) is 15.9 Å². The van der Waals surface area contributed by atoms with Gasteiger partial charge in [-0.25, -0.2) is 14.5 Å². The summed E-state index contributed by atoms with van der Waals surface area (Å²) >= 11 is 5.94. The number of H-pyrrole nitrogens is 1. The molecule has 0 aliphatic carbocycles. The van der Waals surface area contributed by atoms with Crippen molar-refractivity contribution in [3.8, 4) is 16.9 Å². The molecule has 8 nitrogen and oxygen atoms in total. The zero-order valence-corrected chi connectivity index (χ0v) is 17.9. The average molecular weight is 488 g/mol. The van der Waals surface area contributed by atoms with E-state index < -0.39 is 23.3 Å². The maximum atomic E-state index is 13.5. The third kappa shape index (κ3) is 3.32. The fourth-order valence-electron chi connectivity index (χ4n) is 3.80. The molecule has 172 valence electrons. The van der Waals surface area contributed by atoms with Gasteiger partial charge in [-0.2, -0.15) is 18.3 Å². The number of hydrogen-bond acceptors (Lipinski definition) is 4. The second-order valence-corrected chi connectivity index (χ2v) is 7.92. The molecule has 0 radical (unpaired) electrons. The van der Waals surface area contributed by atoms with Crippen LogP contribution in [-0.2, 0) is 13.2 Å². The molecule has 0 bridgehead atoms. The van der Waals surface area contributed by atoms with Crippen LogP contribution in [0.15, 0.2) is 53.5 Å². The van der Waals surface area contributed by atoms with Gasteiger partial charge in [0.2, 0.25) is 0 Å². The van der Waals surface area contributed by atoms with Crippen molar-refractivity contribution in [3.63, 3.8) is 0 Å². The standard InChI is InChI=1S/C22H13ClF3N5O3/c1-30-19-14(9-27-30)18-16(17(28-19)10-3-2-4-11(7-10)22(24,25)26)20(32)31(29-18)12-5-6-15(23)13(8-12)21(33)34/h2-9,29H,1H3,(H,33,34). The normalized spacial score (nSPS) is 12.0. The summed E-state index contributed by atoms with van der Waals surface area (Å²) in [5.41, 5.74) is -0.789. The van der Waals surface area contributed by atoms with Crippen LogP contribution in [0.25, 0.3) is 38.9 Å². The van der Waals surface area contributed by atoms with Crippen molar-refractivity contribution in [3.05, 3.63) is 75.2 Å². The first-order chi connectivity index (χ1) is 16.1. The lowest BCUT2D eigenvalue weighted by molar-refractivity contribution is -0.137. The predicted octanol–water partition coefficient (Wildman–Crippen LogP) is 4.64. The van der Waals surface area contributed by atoms with Gasteiger partial charge in [0, 0.05) is 12.6 Å². The first-order valence-corrected chi connectivity index (χ1v) is 10.1. The summed E-state index contributed by atoms with van der Waals surface area (Å²) in [6.45, 7) is 0. The average Bonchev–Trinajstić information content (AvgIpc) is 3.33. The molecule has 0 amide bonds. The van der Waals surface area contributed by atoms with Gasteiger partial charge in [-0.15, -0.1) is 0 Å². The van der Waals surface area contributed by atoms with Gasteiger partial charge in [0.15, 0.2) is 5.65 Å². The second-order valence-electron chi connectivity index (χ2n) is 7.52. The highest BCUT2D eigenvalue weighted by Crippen LogP contribution is 2.35. The Bertz CT molecular complexity index is 1680. The molecule has 0 atom stereocenters. The van der Waals surface area contributed by atoms with Crippen LogP contribution in [0.3, 0.4) is 0 Å². The van der Waals surface area contributed by atoms with Gasteiger partial charge in [-0.3, -0.25) is 14.6 Å². The van der Waals surface area contributed by atoms with Crippen molar-refractivity contribution < 1.29 is 23.1 Å². The lowest BCUT2D eigenvalue weighted by Gasteiger charge is -2.09. The van der Waals surface area contributed by atoms with Gasteiger partial charge in [-0.05, 0) is 30.3 Å². The highest BCUT2D eigenvalue weighted by Gasteiger charge is 2.31. The van der Waals surface area contributed by atoms with Crippen molar-refractivity contribution >= 4 is 39.5 Å². The zero-order chi connectivity index (χ0) is 24.4. The maximum Gasteiger partial charge on any atom is 0.416 e. The highest BCUT2D eigenvalue weighted by molar-refractivity contribution is 6.33. The molecule has 2 aromatic carbocycles. The summed E-state index contributed by atoms with van der Waals surface area (Å²) in [4.78, 5) is 29.4. The molecule has 0 aliphatic rings. The van der Waals surface area contributed by atoms with Crippen LogP contribution in [0, 0.1) is 0 Å². The highest BCUT2D eigenvalue weighted by atomic mass is 35.5. The number of nitrogens with zero attached hydrogens (tertiary/aromatic N) is 4. The number of carbonyl (C=O) groups is 1. The van der Waals surface area contributed by atoms with Crippen LogP contribution in [0.4, 0.5) is 13.2 Å². The molecule has 0 saturated heterocycles. The lowest BCUT2D eigenvalue weighted by Crippen LogP contribution is -2.15. The van der Waals surface area contributed by atoms with E-state index in [1.54, 1.807) is 7.05 Å². The van der Waals surface area contributed by atoms with E-state index in [0.29, 0.717) is 16.6 Å². The number of benzene rings is 2. The Morgan fingerprint density at radius 1 is 1.18 bits per heavy atom. The van der Waals surface area contributed by atoms with Crippen molar-refractivity contribution in [2.24, 2.45) is 7.05 Å². The van der Waals surface area contributed by atoms with E-state index in [2.05, 4.69) is 15.2 Å². The zero-order valence-electron chi connectivity index (χ0n) is 17.2. The van der Waals surface area contributed by atoms with E-state index in [0.717, 1.165) is 16.8 Å². The minimum atomic E-state index is -4.58. The van der Waals surface area contributed by atoms with Crippen molar-refractivity contribution in [1.29, 1.82) is 0 Å². The third-order valence-electron chi connectivity index (χ3n) is 5.42. The topological polar surface area (TPSA) is 106 Å². The summed E-state index contributed by atoms with van der Waals surface area (Å²) in [5.74, 6) is -1.28. The Kier molecular flexibility index (Phi) is 4.76. The number of aryl methyl sites for hydroxylation is 1. The summed E-state index contributed by atoms with van der Waals surface area (Å²) in [6.07, 6.45) is -3.11. The molecule has 0 aliphatic heterocycles. The van der Waals surface area contributed by atoms with Gasteiger partial charge in [0.05, 0.1) is 50.0 Å². The molecule has 5 aromatic rings. The number of pyridine rings is 1. The van der Waals surface area contributed by atoms with E-state index >= 15 is 0 Å². The first kappa shape index (κ1) is 21.7. The lowest BCUT2D eigenvalue weighted by atomic mass is 10.0. The number of aromatic amines is 1. The Balaban J connectivity index is 1.86. The third-order valence-corrected chi connectivity index (χ3v) is 5.75. The molecule has 5 rings (SSSR count). The van der Waals surface area contributed by atoms with E-state index in [4.69, 9.17) is 11.6 Å². The number of aromatic nitrogens is 5. The van der Waals surface area contributed by atoms with E-state index in [1.165, 1.54) is 41.2 Å². The molecule has 0 unspecified atom stereocenters. The molecule has 0 saturated carbocycles. The van der Waals surface area contributed by atoms with Crippen molar-refractivity contribution in [1.82, 2.24) is 24.5 Å². The molecule has 12 heteroatoms. The predicted molar refractivity (Wildman–Crippen MR) is 118 cm³/mol. The van der Waals surface area contributed by atoms with E-state index in [-0.39, 0.29) is 32.9 Å². The Morgan fingerprint density at radius 2 is 1.94 bits per heavy atom. The quantitative estimate of drug-likeness (QED) is 0.386. The molecule has 2 N–H and O–H groups in total. The van der Waals surface area contributed by atoms with Gasteiger partial charge in [0.1, 0.15) is 0 Å². The number of rotatable bonds is 3. The number of carboxylic acid groups (broad SMARTS) is 1. The number of carboxylic acids is 1. The molecular formula is C22H13ClF3N5O3. The van der Waals surface area contributed by atoms with Crippen molar-refractivity contribution in [2.75, 3.05) is 0 Å². The molecule has 3 heterocycles. The summed E-state index contributed by atoms with van der Waals surface area (Å²) in [6, 6.07) is 8.53. The van der Waals surface area contributed by atoms with Crippen LogP contribution >= 0.6 is 11.6 Å². The van der Waals surface area contributed by atoms with Crippen LogP contribution < -0.4 is 5.56 Å². The van der Waals surface area contributed by atoms with Crippen LogP contribution in [0.2, 0.25) is 5.02 Å². The largest absolute Gasteiger partial charge is 0.478 e. The molecule has 3 aromatic heterocycles. The monoisotopic (exact) mass is 487 g/mol. The smallest absolute Gasteiger partial charge is 0.416 e. The number of alkyl halides is 3. The van der Waals surface area contributed by atoms with Crippen LogP contribution in [0.5, 0.6) is 0 Å². The van der Waals surface area contributed by atoms with E-state index in [9.17, 15) is 27.9 Å². The Morgan fingerprint density at radius 3 is 2.65 bits per heavy atom. The minimum absolute atomic E-state index is 0.0126. The fraction of sp³-hybridized carbons (Fsp3) is 0.0909. The first-order valence-electron chi connectivity index (χ1n) is 9.73. The fourth-order valence-corrected chi connectivity index (χ4v) is 4.00. The van der Waals surface area contributed by atoms with Gasteiger partial charge in [-0.1, -0.05) is 23.7 Å².